The monoisotopic (exact) mass is 489 g/mol. The Hall–Kier alpha value is -2.09. The molecule has 0 spiro atoms. The average molecular weight is 490 g/mol. The van der Waals surface area contributed by atoms with Crippen molar-refractivity contribution in [3.05, 3.63) is 45.5 Å². The van der Waals surface area contributed by atoms with Crippen LogP contribution in [0.15, 0.2) is 34.8 Å². The number of nitrogens with zero attached hydrogens (tertiary/aromatic N) is 1. The number of aryl methyl sites for hydroxylation is 1. The maximum absolute atomic E-state index is 13.1. The lowest BCUT2D eigenvalue weighted by atomic mass is 9.73. The summed E-state index contributed by atoms with van der Waals surface area (Å²) >= 11 is 1.56. The Labute approximate surface area is 207 Å². The molecule has 2 rings (SSSR count). The Kier molecular flexibility index (Phi) is 9.97. The molecule has 6 nitrogen and oxygen atoms in total. The Morgan fingerprint density at radius 3 is 2.53 bits per heavy atom. The summed E-state index contributed by atoms with van der Waals surface area (Å²) in [6, 6.07) is 0. The van der Waals surface area contributed by atoms with Gasteiger partial charge in [-0.25, -0.2) is 4.98 Å². The van der Waals surface area contributed by atoms with Gasteiger partial charge < -0.3 is 14.9 Å². The second kappa shape index (κ2) is 12.0. The van der Waals surface area contributed by atoms with Crippen molar-refractivity contribution in [2.24, 2.45) is 17.3 Å². The molecule has 1 aliphatic rings. The highest BCUT2D eigenvalue weighted by molar-refractivity contribution is 7.09. The second-order valence-corrected chi connectivity index (χ2v) is 11.1. The number of rotatable bonds is 2. The van der Waals surface area contributed by atoms with Gasteiger partial charge in [0.05, 0.1) is 34.7 Å². The molecular weight excluding hydrogens is 450 g/mol. The maximum Gasteiger partial charge on any atom is 0.309 e. The second-order valence-electron chi connectivity index (χ2n) is 10.0. The number of carbonyl (C=O) groups is 2. The van der Waals surface area contributed by atoms with E-state index in [9.17, 15) is 19.8 Å². The number of hydrogen-bond acceptors (Lipinski definition) is 7. The average Bonchev–Trinajstić information content (AvgIpc) is 3.18. The number of allylic oxidation sites excluding steroid dienone is 2. The number of hydrogen-bond donors (Lipinski definition) is 2. The molecule has 0 saturated carbocycles. The van der Waals surface area contributed by atoms with Crippen LogP contribution in [-0.2, 0) is 14.3 Å². The molecule has 7 heteroatoms. The van der Waals surface area contributed by atoms with Gasteiger partial charge in [0, 0.05) is 23.6 Å². The Morgan fingerprint density at radius 2 is 1.91 bits per heavy atom. The number of ether oxygens (including phenoxy) is 1. The van der Waals surface area contributed by atoms with Gasteiger partial charge in [0.2, 0.25) is 0 Å². The predicted octanol–water partition coefficient (Wildman–Crippen LogP) is 5.04. The fraction of sp³-hybridized carbons (Fsp3) is 0.593. The number of carbonyl (C=O) groups excluding carboxylic acids is 2. The van der Waals surface area contributed by atoms with Crippen molar-refractivity contribution in [2.75, 3.05) is 0 Å². The van der Waals surface area contributed by atoms with Crippen LogP contribution in [-0.4, -0.2) is 45.3 Å². The molecule has 1 aliphatic heterocycles. The number of aliphatic hydroxyl groups is 2. The molecule has 188 valence electrons. The van der Waals surface area contributed by atoms with E-state index in [2.05, 4.69) is 4.98 Å². The van der Waals surface area contributed by atoms with Crippen LogP contribution in [0.4, 0.5) is 0 Å². The van der Waals surface area contributed by atoms with Crippen molar-refractivity contribution in [3.8, 4) is 0 Å². The maximum atomic E-state index is 13.1. The molecule has 0 bridgehead atoms. The van der Waals surface area contributed by atoms with Crippen LogP contribution in [0.1, 0.15) is 71.5 Å². The van der Waals surface area contributed by atoms with Crippen LogP contribution in [0.5, 0.6) is 0 Å². The van der Waals surface area contributed by atoms with Gasteiger partial charge in [0.15, 0.2) is 0 Å². The molecule has 0 aliphatic carbocycles. The van der Waals surface area contributed by atoms with Gasteiger partial charge in [-0.05, 0) is 38.8 Å². The van der Waals surface area contributed by atoms with E-state index in [1.165, 1.54) is 0 Å². The SMILES string of the molecule is CC1=CCC(C(C)=Cc2csc(C)n2)OC(=O)C[C@H](O)C(C)(C)C(=O)C(C)[C@@H](O)[C@@H](C)C=CC1. The van der Waals surface area contributed by atoms with Crippen molar-refractivity contribution >= 4 is 29.2 Å². The first-order valence-electron chi connectivity index (χ1n) is 11.9. The molecule has 0 amide bonds. The Balaban J connectivity index is 2.37. The topological polar surface area (TPSA) is 96.7 Å². The zero-order valence-electron chi connectivity index (χ0n) is 21.4. The standard InChI is InChI=1S/C27H39NO5S/c1-16-9-8-10-17(2)25(31)19(4)26(32)27(6,7)23(29)14-24(30)33-22(12-11-16)18(3)13-21-15-34-20(5)28-21/h8,10-11,13,15,17,19,22-23,25,29,31H,9,12,14H2,1-7H3/t17-,19?,22?,23-,25-/m0/s1. The van der Waals surface area contributed by atoms with E-state index in [4.69, 9.17) is 4.74 Å². The van der Waals surface area contributed by atoms with Crippen LogP contribution in [0, 0.1) is 24.2 Å². The number of cyclic esters (lactones) is 1. The first kappa shape index (κ1) is 28.1. The van der Waals surface area contributed by atoms with Gasteiger partial charge in [0.1, 0.15) is 11.9 Å². The number of Topliss-reactive ketones (excluding diaryl/α,β-unsaturated/α-hetero) is 1. The molecule has 0 fully saturated rings. The first-order chi connectivity index (χ1) is 15.8. The number of aliphatic hydroxyl groups excluding tert-OH is 2. The minimum atomic E-state index is -1.23. The molecule has 2 unspecified atom stereocenters. The van der Waals surface area contributed by atoms with Crippen LogP contribution in [0.25, 0.3) is 6.08 Å². The van der Waals surface area contributed by atoms with E-state index in [0.717, 1.165) is 21.8 Å². The summed E-state index contributed by atoms with van der Waals surface area (Å²) in [5.41, 5.74) is 1.57. The molecule has 34 heavy (non-hydrogen) atoms. The normalized spacial score (nSPS) is 30.1. The summed E-state index contributed by atoms with van der Waals surface area (Å²) < 4.78 is 5.79. The summed E-state index contributed by atoms with van der Waals surface area (Å²) in [6.45, 7) is 12.6. The van der Waals surface area contributed by atoms with E-state index in [1.807, 2.05) is 57.4 Å². The van der Waals surface area contributed by atoms with E-state index in [1.54, 1.807) is 32.1 Å². The van der Waals surface area contributed by atoms with Gasteiger partial charge >= 0.3 is 5.97 Å². The molecule has 0 saturated heterocycles. The van der Waals surface area contributed by atoms with Gasteiger partial charge in [-0.2, -0.15) is 0 Å². The van der Waals surface area contributed by atoms with Gasteiger partial charge in [-0.15, -0.1) is 11.3 Å². The van der Waals surface area contributed by atoms with E-state index < -0.39 is 35.6 Å². The van der Waals surface area contributed by atoms with Crippen molar-refractivity contribution in [2.45, 2.75) is 86.0 Å². The Bertz CT molecular complexity index is 958. The molecule has 1 aromatic heterocycles. The van der Waals surface area contributed by atoms with Crippen molar-refractivity contribution in [1.82, 2.24) is 4.98 Å². The van der Waals surface area contributed by atoms with Crippen LogP contribution >= 0.6 is 11.3 Å². The lowest BCUT2D eigenvalue weighted by molar-refractivity contribution is -0.154. The lowest BCUT2D eigenvalue weighted by Gasteiger charge is -2.34. The quantitative estimate of drug-likeness (QED) is 0.446. The van der Waals surface area contributed by atoms with Crippen LogP contribution < -0.4 is 0 Å². The van der Waals surface area contributed by atoms with Gasteiger partial charge in [-0.1, -0.05) is 51.5 Å². The Morgan fingerprint density at radius 1 is 1.24 bits per heavy atom. The molecule has 0 aromatic carbocycles. The highest BCUT2D eigenvalue weighted by Gasteiger charge is 2.42. The predicted molar refractivity (Wildman–Crippen MR) is 136 cm³/mol. The molecule has 5 atom stereocenters. The van der Waals surface area contributed by atoms with Gasteiger partial charge in [-0.3, -0.25) is 9.59 Å². The summed E-state index contributed by atoms with van der Waals surface area (Å²) in [6.07, 6.45) is 6.13. The summed E-state index contributed by atoms with van der Waals surface area (Å²) in [4.78, 5) is 30.4. The van der Waals surface area contributed by atoms with E-state index >= 15 is 0 Å². The molecule has 1 aromatic rings. The highest BCUT2D eigenvalue weighted by atomic mass is 32.1. The fourth-order valence-corrected chi connectivity index (χ4v) is 4.62. The summed E-state index contributed by atoms with van der Waals surface area (Å²) in [7, 11) is 0. The third kappa shape index (κ3) is 7.45. The number of aromatic nitrogens is 1. The number of esters is 1. The fourth-order valence-electron chi connectivity index (χ4n) is 4.05. The van der Waals surface area contributed by atoms with Crippen molar-refractivity contribution < 1.29 is 24.5 Å². The molecule has 2 heterocycles. The van der Waals surface area contributed by atoms with Crippen molar-refractivity contribution in [3.63, 3.8) is 0 Å². The summed E-state index contributed by atoms with van der Waals surface area (Å²) in [5, 5.41) is 24.4. The highest BCUT2D eigenvalue weighted by Crippen LogP contribution is 2.31. The van der Waals surface area contributed by atoms with Crippen LogP contribution in [0.3, 0.4) is 0 Å². The van der Waals surface area contributed by atoms with E-state index in [0.29, 0.717) is 12.8 Å². The number of ketones is 1. The molecule has 0 radical (unpaired) electrons. The van der Waals surface area contributed by atoms with Gasteiger partial charge in [0.25, 0.3) is 0 Å². The molecular formula is C27H39NO5S. The van der Waals surface area contributed by atoms with E-state index in [-0.39, 0.29) is 18.1 Å². The first-order valence-corrected chi connectivity index (χ1v) is 12.7. The zero-order valence-corrected chi connectivity index (χ0v) is 22.2. The lowest BCUT2D eigenvalue weighted by Crippen LogP contribution is -2.45. The molecule has 2 N–H and O–H groups in total. The minimum absolute atomic E-state index is 0.225. The third-order valence-corrected chi connectivity index (χ3v) is 7.44. The number of thiazole rings is 1. The van der Waals surface area contributed by atoms with Crippen LogP contribution in [0.2, 0.25) is 0 Å². The zero-order chi connectivity index (χ0) is 25.6. The largest absolute Gasteiger partial charge is 0.457 e. The minimum Gasteiger partial charge on any atom is -0.457 e. The third-order valence-electron chi connectivity index (χ3n) is 6.65. The summed E-state index contributed by atoms with van der Waals surface area (Å²) in [5.74, 6) is -1.77. The smallest absolute Gasteiger partial charge is 0.309 e. The van der Waals surface area contributed by atoms with Crippen molar-refractivity contribution in [1.29, 1.82) is 0 Å².